The minimum Gasteiger partial charge on any atom is -0.487 e. The molecule has 0 unspecified atom stereocenters. The van der Waals surface area contributed by atoms with Crippen molar-refractivity contribution in [3.63, 3.8) is 0 Å². The molecule has 1 aromatic rings. The third-order valence-electron chi connectivity index (χ3n) is 1.50. The van der Waals surface area contributed by atoms with Gasteiger partial charge in [-0.2, -0.15) is 0 Å². The van der Waals surface area contributed by atoms with Crippen molar-refractivity contribution in [2.45, 2.75) is 0 Å². The van der Waals surface area contributed by atoms with Crippen LogP contribution in [0.2, 0.25) is 0 Å². The maximum absolute atomic E-state index is 5.53. The Kier molecular flexibility index (Phi) is 5.60. The second kappa shape index (κ2) is 6.49. The van der Waals surface area contributed by atoms with Crippen molar-refractivity contribution in [2.75, 3.05) is 12.5 Å². The second-order valence-electron chi connectivity index (χ2n) is 2.49. The molecule has 1 rings (SSSR count). The summed E-state index contributed by atoms with van der Waals surface area (Å²) in [6, 6.07) is 5.81. The Balaban J connectivity index is 2.62. The lowest BCUT2D eigenvalue weighted by Gasteiger charge is -2.07. The maximum Gasteiger partial charge on any atom is 0.148 e. The third kappa shape index (κ3) is 3.64. The van der Waals surface area contributed by atoms with Crippen LogP contribution in [-0.2, 0) is 0 Å². The highest BCUT2D eigenvalue weighted by Gasteiger charge is 2.03. The van der Waals surface area contributed by atoms with Crippen LogP contribution in [0.15, 0.2) is 39.3 Å². The molecule has 0 saturated carbocycles. The molecule has 0 bridgehead atoms. The molecule has 0 aliphatic rings. The van der Waals surface area contributed by atoms with Crippen molar-refractivity contribution in [1.82, 2.24) is 0 Å². The van der Waals surface area contributed by atoms with Gasteiger partial charge in [-0.3, -0.25) is 0 Å². The minimum absolute atomic E-state index is 0.514. The van der Waals surface area contributed by atoms with E-state index in [4.69, 9.17) is 16.3 Å². The SMILES string of the molecule is ClCC=CCOc1c(Br)cccc1Br. The van der Waals surface area contributed by atoms with E-state index in [9.17, 15) is 0 Å². The van der Waals surface area contributed by atoms with Crippen molar-refractivity contribution < 1.29 is 4.74 Å². The van der Waals surface area contributed by atoms with Crippen LogP contribution in [0.1, 0.15) is 0 Å². The number of alkyl halides is 1. The molecule has 0 atom stereocenters. The summed E-state index contributed by atoms with van der Waals surface area (Å²) in [6.45, 7) is 0.522. The van der Waals surface area contributed by atoms with Crippen LogP contribution in [0.5, 0.6) is 5.75 Å². The smallest absolute Gasteiger partial charge is 0.148 e. The molecule has 0 heterocycles. The third-order valence-corrected chi connectivity index (χ3v) is 2.93. The van der Waals surface area contributed by atoms with E-state index < -0.39 is 0 Å². The molecule has 0 N–H and O–H groups in total. The van der Waals surface area contributed by atoms with Gasteiger partial charge in [0.15, 0.2) is 0 Å². The topological polar surface area (TPSA) is 9.23 Å². The van der Waals surface area contributed by atoms with Gasteiger partial charge in [-0.05, 0) is 44.0 Å². The predicted molar refractivity (Wildman–Crippen MR) is 67.2 cm³/mol. The Hall–Kier alpha value is 0.01000. The van der Waals surface area contributed by atoms with Gasteiger partial charge in [-0.1, -0.05) is 18.2 Å². The molecular formula is C10H9Br2ClO. The summed E-state index contributed by atoms with van der Waals surface area (Å²) in [5.74, 6) is 1.33. The fourth-order valence-electron chi connectivity index (χ4n) is 0.883. The summed E-state index contributed by atoms with van der Waals surface area (Å²) >= 11 is 12.3. The number of benzene rings is 1. The highest BCUT2D eigenvalue weighted by Crippen LogP contribution is 2.32. The van der Waals surface area contributed by atoms with Gasteiger partial charge in [0.1, 0.15) is 12.4 Å². The number of rotatable bonds is 4. The van der Waals surface area contributed by atoms with Crippen LogP contribution >= 0.6 is 43.5 Å². The van der Waals surface area contributed by atoms with Crippen LogP contribution in [-0.4, -0.2) is 12.5 Å². The largest absolute Gasteiger partial charge is 0.487 e. The van der Waals surface area contributed by atoms with Crippen LogP contribution in [0, 0.1) is 0 Å². The summed E-state index contributed by atoms with van der Waals surface area (Å²) in [7, 11) is 0. The zero-order valence-electron chi connectivity index (χ0n) is 7.34. The Morgan fingerprint density at radius 1 is 1.21 bits per heavy atom. The summed E-state index contributed by atoms with van der Waals surface area (Å²) in [5.41, 5.74) is 0. The lowest BCUT2D eigenvalue weighted by Crippen LogP contribution is -1.95. The maximum atomic E-state index is 5.53. The van der Waals surface area contributed by atoms with E-state index in [0.717, 1.165) is 14.7 Å². The Morgan fingerprint density at radius 3 is 2.43 bits per heavy atom. The molecule has 4 heteroatoms. The van der Waals surface area contributed by atoms with Crippen LogP contribution in [0.4, 0.5) is 0 Å². The summed E-state index contributed by atoms with van der Waals surface area (Å²) < 4.78 is 7.40. The number of allylic oxidation sites excluding steroid dienone is 1. The fourth-order valence-corrected chi connectivity index (χ4v) is 2.24. The Morgan fingerprint density at radius 2 is 1.86 bits per heavy atom. The lowest BCUT2D eigenvalue weighted by molar-refractivity contribution is 0.358. The Bertz CT molecular complexity index is 306. The molecule has 0 amide bonds. The average Bonchev–Trinajstić information content (AvgIpc) is 2.16. The first-order valence-corrected chi connectivity index (χ1v) is 6.15. The number of hydrogen-bond donors (Lipinski definition) is 0. The number of hydrogen-bond acceptors (Lipinski definition) is 1. The molecular weight excluding hydrogens is 331 g/mol. The first-order valence-electron chi connectivity index (χ1n) is 4.03. The highest BCUT2D eigenvalue weighted by atomic mass is 79.9. The lowest BCUT2D eigenvalue weighted by atomic mass is 10.3. The fraction of sp³-hybridized carbons (Fsp3) is 0.200. The standard InChI is InChI=1S/C10H9Br2ClO/c11-8-4-3-5-9(12)10(8)14-7-2-1-6-13/h1-5H,6-7H2. The molecule has 0 radical (unpaired) electrons. The van der Waals surface area contributed by atoms with Crippen LogP contribution < -0.4 is 4.74 Å². The van der Waals surface area contributed by atoms with Gasteiger partial charge in [-0.25, -0.2) is 0 Å². The molecule has 0 spiro atoms. The van der Waals surface area contributed by atoms with Crippen LogP contribution in [0.25, 0.3) is 0 Å². The molecule has 1 aromatic carbocycles. The molecule has 76 valence electrons. The Labute approximate surface area is 105 Å². The van der Waals surface area contributed by atoms with Crippen molar-refractivity contribution in [3.05, 3.63) is 39.3 Å². The van der Waals surface area contributed by atoms with Crippen molar-refractivity contribution in [1.29, 1.82) is 0 Å². The van der Waals surface area contributed by atoms with E-state index in [2.05, 4.69) is 31.9 Å². The van der Waals surface area contributed by atoms with Gasteiger partial charge >= 0.3 is 0 Å². The molecule has 0 aliphatic carbocycles. The summed E-state index contributed by atoms with van der Waals surface area (Å²) in [5, 5.41) is 0. The monoisotopic (exact) mass is 338 g/mol. The van der Waals surface area contributed by atoms with Crippen molar-refractivity contribution in [2.24, 2.45) is 0 Å². The van der Waals surface area contributed by atoms with Gasteiger partial charge in [0, 0.05) is 5.88 Å². The van der Waals surface area contributed by atoms with Gasteiger partial charge in [0.25, 0.3) is 0 Å². The van der Waals surface area contributed by atoms with E-state index >= 15 is 0 Å². The number of ether oxygens (including phenoxy) is 1. The van der Waals surface area contributed by atoms with Crippen molar-refractivity contribution in [3.8, 4) is 5.75 Å². The predicted octanol–water partition coefficient (Wildman–Crippen LogP) is 4.39. The second-order valence-corrected chi connectivity index (χ2v) is 4.50. The van der Waals surface area contributed by atoms with Gasteiger partial charge in [-0.15, -0.1) is 11.6 Å². The molecule has 14 heavy (non-hydrogen) atoms. The quantitative estimate of drug-likeness (QED) is 0.584. The first-order chi connectivity index (χ1) is 6.75. The normalized spacial score (nSPS) is 10.8. The summed E-state index contributed by atoms with van der Waals surface area (Å²) in [4.78, 5) is 0. The number of para-hydroxylation sites is 1. The molecule has 0 saturated heterocycles. The highest BCUT2D eigenvalue weighted by molar-refractivity contribution is 9.11. The zero-order valence-corrected chi connectivity index (χ0v) is 11.3. The van der Waals surface area contributed by atoms with E-state index in [0.29, 0.717) is 12.5 Å². The van der Waals surface area contributed by atoms with E-state index in [1.165, 1.54) is 0 Å². The first kappa shape index (κ1) is 12.1. The van der Waals surface area contributed by atoms with Gasteiger partial charge in [0.05, 0.1) is 8.95 Å². The van der Waals surface area contributed by atoms with E-state index in [1.54, 1.807) is 0 Å². The molecule has 1 nitrogen and oxygen atoms in total. The van der Waals surface area contributed by atoms with E-state index in [-0.39, 0.29) is 0 Å². The minimum atomic E-state index is 0.514. The van der Waals surface area contributed by atoms with Gasteiger partial charge < -0.3 is 4.74 Å². The number of halogens is 3. The van der Waals surface area contributed by atoms with Crippen molar-refractivity contribution >= 4 is 43.5 Å². The molecule has 0 aromatic heterocycles. The summed E-state index contributed by atoms with van der Waals surface area (Å²) in [6.07, 6.45) is 3.74. The van der Waals surface area contributed by atoms with E-state index in [1.807, 2.05) is 30.4 Å². The zero-order chi connectivity index (χ0) is 10.4. The van der Waals surface area contributed by atoms with Gasteiger partial charge in [0.2, 0.25) is 0 Å². The van der Waals surface area contributed by atoms with Crippen LogP contribution in [0.3, 0.4) is 0 Å². The molecule has 0 fully saturated rings. The average molecular weight is 340 g/mol. The molecule has 0 aliphatic heterocycles.